The Morgan fingerprint density at radius 2 is 1.10 bits per heavy atom. The van der Waals surface area contributed by atoms with Crippen LogP contribution in [0.25, 0.3) is 84.2 Å². The zero-order valence-electron chi connectivity index (χ0n) is 26.8. The minimum absolute atomic E-state index is 0.925. The van der Waals surface area contributed by atoms with Gasteiger partial charge in [0, 0.05) is 73.7 Å². The number of hydrogen-bond acceptors (Lipinski definition) is 4. The Hall–Kier alpha value is -5.94. The monoisotopic (exact) mass is 673 g/mol. The van der Waals surface area contributed by atoms with Gasteiger partial charge in [0.1, 0.15) is 11.2 Å². The molecule has 11 aromatic rings. The van der Waals surface area contributed by atoms with Gasteiger partial charge in [0.15, 0.2) is 0 Å². The van der Waals surface area contributed by atoms with Crippen LogP contribution in [0.2, 0.25) is 0 Å². The summed E-state index contributed by atoms with van der Waals surface area (Å²) in [6.07, 6.45) is 0. The van der Waals surface area contributed by atoms with Gasteiger partial charge in [0.2, 0.25) is 0 Å². The average molecular weight is 674 g/mol. The summed E-state index contributed by atoms with van der Waals surface area (Å²) in [5.41, 5.74) is 7.71. The van der Waals surface area contributed by atoms with Crippen molar-refractivity contribution in [1.29, 1.82) is 0 Å². The van der Waals surface area contributed by atoms with Crippen LogP contribution in [0.15, 0.2) is 168 Å². The first kappa shape index (κ1) is 28.0. The molecule has 0 saturated heterocycles. The fraction of sp³-hybridized carbons (Fsp3) is 0. The van der Waals surface area contributed by atoms with E-state index in [0.717, 1.165) is 39.0 Å². The summed E-state index contributed by atoms with van der Waals surface area (Å²) < 4.78 is 11.7. The highest BCUT2D eigenvalue weighted by Gasteiger charge is 2.20. The number of furan rings is 1. The van der Waals surface area contributed by atoms with Gasteiger partial charge in [0.05, 0.1) is 0 Å². The van der Waals surface area contributed by atoms with Gasteiger partial charge in [0.25, 0.3) is 0 Å². The summed E-state index contributed by atoms with van der Waals surface area (Å²) in [5.74, 6) is 0. The van der Waals surface area contributed by atoms with E-state index in [1.54, 1.807) is 0 Å². The van der Waals surface area contributed by atoms with Gasteiger partial charge >= 0.3 is 0 Å². The second-order valence-electron chi connectivity index (χ2n) is 12.9. The lowest BCUT2D eigenvalue weighted by atomic mass is 9.98. The molecule has 0 atom stereocenters. The molecule has 234 valence electrons. The molecule has 0 radical (unpaired) electrons. The highest BCUT2D eigenvalue weighted by Crippen LogP contribution is 2.48. The van der Waals surface area contributed by atoms with Crippen molar-refractivity contribution >= 4 is 113 Å². The third kappa shape index (κ3) is 4.13. The van der Waals surface area contributed by atoms with E-state index in [9.17, 15) is 0 Å². The maximum Gasteiger partial charge on any atom is 0.144 e. The van der Waals surface area contributed by atoms with Gasteiger partial charge in [-0.3, -0.25) is 0 Å². The van der Waals surface area contributed by atoms with E-state index in [-0.39, 0.29) is 0 Å². The molecule has 0 spiro atoms. The lowest BCUT2D eigenvalue weighted by Crippen LogP contribution is -2.09. The molecule has 0 unspecified atom stereocenters. The highest BCUT2D eigenvalue weighted by atomic mass is 32.1. The molecule has 2 nitrogen and oxygen atoms in total. The molecule has 0 aliphatic heterocycles. The van der Waals surface area contributed by atoms with E-state index in [1.165, 1.54) is 62.2 Å². The molecule has 3 heterocycles. The van der Waals surface area contributed by atoms with Gasteiger partial charge < -0.3 is 9.32 Å². The summed E-state index contributed by atoms with van der Waals surface area (Å²) >= 11 is 3.73. The van der Waals surface area contributed by atoms with Gasteiger partial charge in [-0.05, 0) is 70.9 Å². The second kappa shape index (κ2) is 10.8. The summed E-state index contributed by atoms with van der Waals surface area (Å²) in [6, 6.07) is 59.3. The van der Waals surface area contributed by atoms with Crippen molar-refractivity contribution in [1.82, 2.24) is 0 Å². The molecule has 3 aromatic heterocycles. The second-order valence-corrected chi connectivity index (χ2v) is 15.0. The SMILES string of the molecule is c1ccc(N(c2ccc(-c3cc4c5ccccc5oc4c4c3sc3ccccc34)cc2)c2ccc3c(c2)sc2c4ccccc4ccc32)cc1. The van der Waals surface area contributed by atoms with E-state index in [1.807, 2.05) is 28.7 Å². The van der Waals surface area contributed by atoms with Crippen molar-refractivity contribution in [2.45, 2.75) is 0 Å². The van der Waals surface area contributed by atoms with Crippen LogP contribution < -0.4 is 4.90 Å². The summed E-state index contributed by atoms with van der Waals surface area (Å²) in [4.78, 5) is 2.37. The third-order valence-electron chi connectivity index (χ3n) is 10.0. The van der Waals surface area contributed by atoms with Crippen molar-refractivity contribution in [3.05, 3.63) is 164 Å². The Morgan fingerprint density at radius 1 is 0.420 bits per heavy atom. The summed E-state index contributed by atoms with van der Waals surface area (Å²) in [6.45, 7) is 0. The van der Waals surface area contributed by atoms with E-state index >= 15 is 0 Å². The number of para-hydroxylation sites is 2. The highest BCUT2D eigenvalue weighted by molar-refractivity contribution is 7.27. The summed E-state index contributed by atoms with van der Waals surface area (Å²) in [5, 5.41) is 9.98. The number of hydrogen-bond donors (Lipinski definition) is 0. The Kier molecular flexibility index (Phi) is 6.03. The first-order valence-electron chi connectivity index (χ1n) is 16.8. The van der Waals surface area contributed by atoms with E-state index in [4.69, 9.17) is 4.42 Å². The van der Waals surface area contributed by atoms with E-state index in [0.29, 0.717) is 0 Å². The first-order valence-corrected chi connectivity index (χ1v) is 18.5. The Labute approximate surface area is 295 Å². The Balaban J connectivity index is 1.08. The number of benzene rings is 8. The fourth-order valence-electron chi connectivity index (χ4n) is 7.73. The molecular weight excluding hydrogens is 647 g/mol. The van der Waals surface area contributed by atoms with E-state index in [2.05, 4.69) is 163 Å². The van der Waals surface area contributed by atoms with Crippen LogP contribution in [0.4, 0.5) is 17.1 Å². The molecular formula is C46H27NOS2. The lowest BCUT2D eigenvalue weighted by molar-refractivity contribution is 0.673. The normalized spacial score (nSPS) is 12.0. The number of fused-ring (bicyclic) bond motifs is 12. The first-order chi connectivity index (χ1) is 24.8. The number of nitrogens with zero attached hydrogens (tertiary/aromatic N) is 1. The standard InChI is InChI=1S/C46H27NOS2/c1-2-11-30(12-3-1)47(32-23-25-35-36-24-20-28-10-4-5-13-33(28)45(36)50-42(35)26-32)31-21-18-29(19-22-31)38-27-39-34-14-6-8-16-40(34)48-44(39)43-37-15-7-9-17-41(37)49-46(38)43/h1-27H. The quantitative estimate of drug-likeness (QED) is 0.185. The number of rotatable bonds is 4. The van der Waals surface area contributed by atoms with Crippen molar-refractivity contribution in [3.63, 3.8) is 0 Å². The van der Waals surface area contributed by atoms with Crippen LogP contribution >= 0.6 is 22.7 Å². The largest absolute Gasteiger partial charge is 0.455 e. The molecule has 0 saturated carbocycles. The van der Waals surface area contributed by atoms with Crippen LogP contribution in [0.1, 0.15) is 0 Å². The predicted octanol–water partition coefficient (Wildman–Crippen LogP) is 14.6. The maximum absolute atomic E-state index is 6.54. The fourth-order valence-corrected chi connectivity index (χ4v) is 10.2. The van der Waals surface area contributed by atoms with Crippen molar-refractivity contribution in [3.8, 4) is 11.1 Å². The van der Waals surface area contributed by atoms with Crippen molar-refractivity contribution in [2.75, 3.05) is 4.90 Å². The third-order valence-corrected chi connectivity index (χ3v) is 12.5. The Morgan fingerprint density at radius 3 is 1.98 bits per heavy atom. The molecule has 0 N–H and O–H groups in total. The summed E-state index contributed by atoms with van der Waals surface area (Å²) in [7, 11) is 0. The van der Waals surface area contributed by atoms with Crippen molar-refractivity contribution in [2.24, 2.45) is 0 Å². The smallest absolute Gasteiger partial charge is 0.144 e. The number of thiophene rings is 2. The Bertz CT molecular complexity index is 3090. The predicted molar refractivity (Wildman–Crippen MR) is 217 cm³/mol. The molecule has 0 amide bonds. The topological polar surface area (TPSA) is 16.4 Å². The molecule has 4 heteroatoms. The van der Waals surface area contributed by atoms with Crippen LogP contribution in [0.3, 0.4) is 0 Å². The van der Waals surface area contributed by atoms with Crippen molar-refractivity contribution < 1.29 is 4.42 Å². The molecule has 0 aliphatic rings. The van der Waals surface area contributed by atoms with Gasteiger partial charge in [-0.2, -0.15) is 0 Å². The minimum atomic E-state index is 0.925. The lowest BCUT2D eigenvalue weighted by Gasteiger charge is -2.25. The van der Waals surface area contributed by atoms with Gasteiger partial charge in [-0.25, -0.2) is 0 Å². The van der Waals surface area contributed by atoms with Crippen LogP contribution in [-0.2, 0) is 0 Å². The zero-order chi connectivity index (χ0) is 32.8. The minimum Gasteiger partial charge on any atom is -0.455 e. The molecule has 11 rings (SSSR count). The molecule has 0 bridgehead atoms. The van der Waals surface area contributed by atoms with Gasteiger partial charge in [-0.15, -0.1) is 22.7 Å². The number of anilines is 3. The maximum atomic E-state index is 6.54. The molecule has 0 fully saturated rings. The van der Waals surface area contributed by atoms with Gasteiger partial charge in [-0.1, -0.05) is 109 Å². The van der Waals surface area contributed by atoms with Crippen LogP contribution in [0.5, 0.6) is 0 Å². The average Bonchev–Trinajstić information content (AvgIpc) is 3.87. The van der Waals surface area contributed by atoms with Crippen LogP contribution in [-0.4, -0.2) is 0 Å². The molecule has 0 aliphatic carbocycles. The van der Waals surface area contributed by atoms with E-state index < -0.39 is 0 Å². The zero-order valence-corrected chi connectivity index (χ0v) is 28.4. The molecule has 50 heavy (non-hydrogen) atoms. The molecule has 8 aromatic carbocycles. The van der Waals surface area contributed by atoms with Crippen LogP contribution in [0, 0.1) is 0 Å².